The van der Waals surface area contributed by atoms with Crippen molar-refractivity contribution in [3.05, 3.63) is 42.0 Å². The van der Waals surface area contributed by atoms with Crippen LogP contribution >= 0.6 is 0 Å². The Bertz CT molecular complexity index is 368. The van der Waals surface area contributed by atoms with Crippen molar-refractivity contribution in [3.63, 3.8) is 0 Å². The second kappa shape index (κ2) is 4.09. The maximum atomic E-state index is 5.37. The second-order valence-corrected chi connectivity index (χ2v) is 3.20. The summed E-state index contributed by atoms with van der Waals surface area (Å²) in [4.78, 5) is 4.27. The lowest BCUT2D eigenvalue weighted by atomic mass is 10.0. The molecule has 1 aliphatic rings. The van der Waals surface area contributed by atoms with Crippen LogP contribution in [0.5, 0.6) is 0 Å². The van der Waals surface area contributed by atoms with Crippen molar-refractivity contribution in [3.8, 4) is 0 Å². The smallest absolute Gasteiger partial charge is 0.187 e. The molecule has 0 unspecified atom stereocenters. The van der Waals surface area contributed by atoms with E-state index in [0.29, 0.717) is 0 Å². The zero-order valence-electron chi connectivity index (χ0n) is 8.07. The van der Waals surface area contributed by atoms with Crippen molar-refractivity contribution in [1.29, 1.82) is 0 Å². The third-order valence-corrected chi connectivity index (χ3v) is 2.26. The van der Waals surface area contributed by atoms with Gasteiger partial charge in [0, 0.05) is 6.42 Å². The summed E-state index contributed by atoms with van der Waals surface area (Å²) in [6, 6.07) is 8.18. The third kappa shape index (κ3) is 1.84. The molecule has 1 aliphatic heterocycles. The van der Waals surface area contributed by atoms with Crippen LogP contribution in [0, 0.1) is 0 Å². The molecule has 0 saturated carbocycles. The van der Waals surface area contributed by atoms with Gasteiger partial charge in [-0.15, -0.1) is 0 Å². The summed E-state index contributed by atoms with van der Waals surface area (Å²) in [6.07, 6.45) is 2.65. The van der Waals surface area contributed by atoms with Crippen LogP contribution in [-0.2, 0) is 11.2 Å². The van der Waals surface area contributed by atoms with Crippen LogP contribution in [0.2, 0.25) is 0 Å². The molecule has 0 aromatic heterocycles. The van der Waals surface area contributed by atoms with E-state index >= 15 is 0 Å². The normalized spacial score (nSPS) is 14.7. The zero-order valence-corrected chi connectivity index (χ0v) is 8.07. The number of rotatable bonds is 3. The molecule has 2 heteroatoms. The monoisotopic (exact) mass is 187 g/mol. The molecule has 14 heavy (non-hydrogen) atoms. The second-order valence-electron chi connectivity index (χ2n) is 3.20. The predicted octanol–water partition coefficient (Wildman–Crippen LogP) is 2.30. The Morgan fingerprint density at radius 1 is 1.43 bits per heavy atom. The van der Waals surface area contributed by atoms with Crippen LogP contribution in [0.1, 0.15) is 11.1 Å². The average Bonchev–Trinajstić information content (AvgIpc) is 2.71. The number of benzene rings is 1. The van der Waals surface area contributed by atoms with Gasteiger partial charge in [0.25, 0.3) is 0 Å². The third-order valence-electron chi connectivity index (χ3n) is 2.26. The van der Waals surface area contributed by atoms with Crippen LogP contribution in [0.3, 0.4) is 0 Å². The molecule has 0 fully saturated rings. The maximum Gasteiger partial charge on any atom is 0.187 e. The number of nitrogens with zero attached hydrogens (tertiary/aromatic N) is 1. The summed E-state index contributed by atoms with van der Waals surface area (Å²) in [5.74, 6) is 0.847. The molecular formula is C12H13NO. The first-order valence-corrected chi connectivity index (χ1v) is 4.76. The van der Waals surface area contributed by atoms with E-state index in [1.807, 2.05) is 18.2 Å². The first-order valence-electron chi connectivity index (χ1n) is 4.76. The Labute approximate surface area is 83.9 Å². The Kier molecular flexibility index (Phi) is 2.63. The van der Waals surface area contributed by atoms with Gasteiger partial charge < -0.3 is 4.74 Å². The minimum absolute atomic E-state index is 0.728. The van der Waals surface area contributed by atoms with Gasteiger partial charge in [-0.25, -0.2) is 0 Å². The van der Waals surface area contributed by atoms with Crippen molar-refractivity contribution in [1.82, 2.24) is 0 Å². The molecule has 0 N–H and O–H groups in total. The molecule has 2 nitrogen and oxygen atoms in total. The summed E-state index contributed by atoms with van der Waals surface area (Å²) >= 11 is 0. The van der Waals surface area contributed by atoms with Crippen molar-refractivity contribution < 1.29 is 4.74 Å². The van der Waals surface area contributed by atoms with E-state index in [2.05, 4.69) is 23.7 Å². The van der Waals surface area contributed by atoms with Gasteiger partial charge in [0.15, 0.2) is 5.90 Å². The predicted molar refractivity (Wildman–Crippen MR) is 58.5 cm³/mol. The lowest BCUT2D eigenvalue weighted by Crippen LogP contribution is -2.04. The molecule has 0 amide bonds. The molecule has 0 aliphatic carbocycles. The molecule has 1 heterocycles. The first kappa shape index (κ1) is 9.00. The number of aliphatic imine (C=N–C) groups is 1. The average molecular weight is 187 g/mol. The summed E-state index contributed by atoms with van der Waals surface area (Å²) in [6.45, 7) is 5.31. The van der Waals surface area contributed by atoms with E-state index in [1.54, 1.807) is 0 Å². The molecule has 72 valence electrons. The Hall–Kier alpha value is -1.57. The summed E-state index contributed by atoms with van der Waals surface area (Å²) in [5.41, 5.74) is 2.38. The molecule has 0 atom stereocenters. The van der Waals surface area contributed by atoms with Crippen LogP contribution in [0.25, 0.3) is 6.08 Å². The van der Waals surface area contributed by atoms with Crippen molar-refractivity contribution in [2.75, 3.05) is 13.2 Å². The van der Waals surface area contributed by atoms with Crippen LogP contribution in [0.15, 0.2) is 35.8 Å². The molecule has 0 spiro atoms. The Morgan fingerprint density at radius 3 is 3.00 bits per heavy atom. The molecular weight excluding hydrogens is 174 g/mol. The highest BCUT2D eigenvalue weighted by atomic mass is 16.5. The molecule has 0 saturated heterocycles. The quantitative estimate of drug-likeness (QED) is 0.711. The maximum absolute atomic E-state index is 5.37. The van der Waals surface area contributed by atoms with Crippen molar-refractivity contribution in [2.45, 2.75) is 6.42 Å². The highest BCUT2D eigenvalue weighted by molar-refractivity contribution is 5.81. The highest BCUT2D eigenvalue weighted by Gasteiger charge is 2.09. The van der Waals surface area contributed by atoms with Crippen LogP contribution < -0.4 is 0 Å². The first-order chi connectivity index (χ1) is 6.90. The SMILES string of the molecule is C=Cc1ccccc1CC1=NCCO1. The Balaban J connectivity index is 2.19. The van der Waals surface area contributed by atoms with Gasteiger partial charge in [0.1, 0.15) is 6.61 Å². The van der Waals surface area contributed by atoms with Crippen LogP contribution in [0.4, 0.5) is 0 Å². The molecule has 0 radical (unpaired) electrons. The minimum Gasteiger partial charge on any atom is -0.479 e. The van der Waals surface area contributed by atoms with E-state index in [0.717, 1.165) is 31.0 Å². The van der Waals surface area contributed by atoms with E-state index in [-0.39, 0.29) is 0 Å². The molecule has 0 bridgehead atoms. The van der Waals surface area contributed by atoms with Gasteiger partial charge in [0.2, 0.25) is 0 Å². The van der Waals surface area contributed by atoms with E-state index in [4.69, 9.17) is 4.74 Å². The lowest BCUT2D eigenvalue weighted by Gasteiger charge is -2.05. The Morgan fingerprint density at radius 2 is 2.29 bits per heavy atom. The standard InChI is InChI=1S/C12H13NO/c1-2-10-5-3-4-6-11(10)9-12-13-7-8-14-12/h2-6H,1,7-9H2. The fourth-order valence-corrected chi connectivity index (χ4v) is 1.54. The van der Waals surface area contributed by atoms with Gasteiger partial charge in [-0.2, -0.15) is 0 Å². The topological polar surface area (TPSA) is 21.6 Å². The van der Waals surface area contributed by atoms with Crippen molar-refractivity contribution in [2.24, 2.45) is 4.99 Å². The van der Waals surface area contributed by atoms with E-state index < -0.39 is 0 Å². The molecule has 2 rings (SSSR count). The van der Waals surface area contributed by atoms with Gasteiger partial charge in [-0.3, -0.25) is 4.99 Å². The summed E-state index contributed by atoms with van der Waals surface area (Å²) < 4.78 is 5.37. The minimum atomic E-state index is 0.728. The van der Waals surface area contributed by atoms with Crippen LogP contribution in [-0.4, -0.2) is 19.0 Å². The van der Waals surface area contributed by atoms with Crippen molar-refractivity contribution >= 4 is 12.0 Å². The van der Waals surface area contributed by atoms with Gasteiger partial charge in [-0.05, 0) is 11.1 Å². The fourth-order valence-electron chi connectivity index (χ4n) is 1.54. The number of ether oxygens (including phenoxy) is 1. The van der Waals surface area contributed by atoms with Gasteiger partial charge >= 0.3 is 0 Å². The van der Waals surface area contributed by atoms with Gasteiger partial charge in [0.05, 0.1) is 6.54 Å². The zero-order chi connectivity index (χ0) is 9.80. The lowest BCUT2D eigenvalue weighted by molar-refractivity contribution is 0.341. The molecule has 1 aromatic carbocycles. The van der Waals surface area contributed by atoms with E-state index in [1.165, 1.54) is 5.56 Å². The van der Waals surface area contributed by atoms with E-state index in [9.17, 15) is 0 Å². The number of hydrogen-bond acceptors (Lipinski definition) is 2. The summed E-state index contributed by atoms with van der Waals surface area (Å²) in [7, 11) is 0. The molecule has 1 aromatic rings. The number of hydrogen-bond donors (Lipinski definition) is 0. The van der Waals surface area contributed by atoms with Gasteiger partial charge in [-0.1, -0.05) is 36.9 Å². The fraction of sp³-hybridized carbons (Fsp3) is 0.250. The largest absolute Gasteiger partial charge is 0.479 e. The highest BCUT2D eigenvalue weighted by Crippen LogP contribution is 2.12. The summed E-state index contributed by atoms with van der Waals surface area (Å²) in [5, 5.41) is 0.